The molecule has 4 nitrogen and oxygen atoms in total. The number of rotatable bonds is 3. The van der Waals surface area contributed by atoms with Gasteiger partial charge in [0, 0.05) is 12.6 Å². The monoisotopic (exact) mass is 275 g/mol. The van der Waals surface area contributed by atoms with E-state index in [1.165, 1.54) is 19.3 Å². The highest BCUT2D eigenvalue weighted by Gasteiger charge is 2.39. The number of amides is 1. The van der Waals surface area contributed by atoms with Crippen molar-refractivity contribution in [3.63, 3.8) is 0 Å². The van der Waals surface area contributed by atoms with Crippen LogP contribution in [0.3, 0.4) is 0 Å². The second-order valence-corrected chi connectivity index (χ2v) is 5.93. The summed E-state index contributed by atoms with van der Waals surface area (Å²) in [6.07, 6.45) is 3.81. The summed E-state index contributed by atoms with van der Waals surface area (Å²) >= 11 is 0. The van der Waals surface area contributed by atoms with Crippen molar-refractivity contribution in [3.8, 4) is 0 Å². The summed E-state index contributed by atoms with van der Waals surface area (Å²) in [5.41, 5.74) is 0.503. The SMILES string of the molecule is CC(C)NC(=O)CN1CCC2(CCNCC2)C1.Cl. The van der Waals surface area contributed by atoms with Crippen LogP contribution in [0, 0.1) is 5.41 Å². The minimum Gasteiger partial charge on any atom is -0.353 e. The standard InChI is InChI=1S/C13H25N3O.ClH/c1-11(2)15-12(17)9-16-8-5-13(10-16)3-6-14-7-4-13;/h11,14H,3-10H2,1-2H3,(H,15,17);1H. The van der Waals surface area contributed by atoms with Crippen molar-refractivity contribution in [2.75, 3.05) is 32.7 Å². The number of carbonyl (C=O) groups excluding carboxylic acids is 1. The molecule has 18 heavy (non-hydrogen) atoms. The summed E-state index contributed by atoms with van der Waals surface area (Å²) in [6, 6.07) is 0.248. The fourth-order valence-corrected chi connectivity index (χ4v) is 3.10. The van der Waals surface area contributed by atoms with Crippen molar-refractivity contribution in [1.82, 2.24) is 15.5 Å². The predicted molar refractivity (Wildman–Crippen MR) is 76.1 cm³/mol. The molecule has 2 saturated heterocycles. The van der Waals surface area contributed by atoms with Crippen LogP contribution in [0.4, 0.5) is 0 Å². The van der Waals surface area contributed by atoms with Crippen LogP contribution < -0.4 is 10.6 Å². The van der Waals surface area contributed by atoms with Gasteiger partial charge in [0.1, 0.15) is 0 Å². The first-order chi connectivity index (χ1) is 8.10. The number of hydrogen-bond donors (Lipinski definition) is 2. The summed E-state index contributed by atoms with van der Waals surface area (Å²) < 4.78 is 0. The van der Waals surface area contributed by atoms with Crippen LogP contribution in [0.15, 0.2) is 0 Å². The van der Waals surface area contributed by atoms with Gasteiger partial charge in [-0.15, -0.1) is 12.4 Å². The van der Waals surface area contributed by atoms with Crippen molar-refractivity contribution >= 4 is 18.3 Å². The molecular weight excluding hydrogens is 250 g/mol. The van der Waals surface area contributed by atoms with Crippen LogP contribution in [0.2, 0.25) is 0 Å². The summed E-state index contributed by atoms with van der Waals surface area (Å²) in [4.78, 5) is 14.0. The maximum Gasteiger partial charge on any atom is 0.234 e. The number of nitrogens with zero attached hydrogens (tertiary/aromatic N) is 1. The van der Waals surface area contributed by atoms with Gasteiger partial charge in [-0.3, -0.25) is 9.69 Å². The number of piperidine rings is 1. The van der Waals surface area contributed by atoms with E-state index in [0.717, 1.165) is 26.2 Å². The fraction of sp³-hybridized carbons (Fsp3) is 0.923. The molecule has 0 unspecified atom stereocenters. The van der Waals surface area contributed by atoms with Gasteiger partial charge in [0.15, 0.2) is 0 Å². The third kappa shape index (κ3) is 4.11. The molecule has 1 spiro atoms. The Morgan fingerprint density at radius 1 is 1.33 bits per heavy atom. The van der Waals surface area contributed by atoms with E-state index in [1.807, 2.05) is 13.8 Å². The lowest BCUT2D eigenvalue weighted by atomic mass is 9.78. The summed E-state index contributed by atoms with van der Waals surface area (Å²) in [6.45, 7) is 9.09. The predicted octanol–water partition coefficient (Wildman–Crippen LogP) is 1.01. The molecule has 0 atom stereocenters. The molecular formula is C13H26ClN3O. The Morgan fingerprint density at radius 3 is 2.61 bits per heavy atom. The molecule has 2 aliphatic heterocycles. The molecule has 1 amide bonds. The van der Waals surface area contributed by atoms with Crippen molar-refractivity contribution in [2.45, 2.75) is 39.2 Å². The Morgan fingerprint density at radius 2 is 2.00 bits per heavy atom. The van der Waals surface area contributed by atoms with Crippen LogP contribution >= 0.6 is 12.4 Å². The van der Waals surface area contributed by atoms with Gasteiger partial charge in [-0.1, -0.05) is 0 Å². The Hall–Kier alpha value is -0.320. The smallest absolute Gasteiger partial charge is 0.234 e. The van der Waals surface area contributed by atoms with Gasteiger partial charge in [-0.2, -0.15) is 0 Å². The Kier molecular flexibility index (Phi) is 5.89. The lowest BCUT2D eigenvalue weighted by Crippen LogP contribution is -2.42. The largest absolute Gasteiger partial charge is 0.353 e. The molecule has 0 radical (unpaired) electrons. The zero-order valence-corrected chi connectivity index (χ0v) is 12.3. The molecule has 0 bridgehead atoms. The average Bonchev–Trinajstić information content (AvgIpc) is 2.61. The first-order valence-electron chi connectivity index (χ1n) is 6.82. The lowest BCUT2D eigenvalue weighted by Gasteiger charge is -2.33. The molecule has 0 aromatic heterocycles. The highest BCUT2D eigenvalue weighted by molar-refractivity contribution is 5.85. The van der Waals surface area contributed by atoms with Crippen molar-refractivity contribution < 1.29 is 4.79 Å². The van der Waals surface area contributed by atoms with E-state index in [9.17, 15) is 4.79 Å². The van der Waals surface area contributed by atoms with E-state index >= 15 is 0 Å². The highest BCUT2D eigenvalue weighted by atomic mass is 35.5. The van der Waals surface area contributed by atoms with Gasteiger partial charge in [0.25, 0.3) is 0 Å². The van der Waals surface area contributed by atoms with Gasteiger partial charge in [0.05, 0.1) is 6.54 Å². The van der Waals surface area contributed by atoms with E-state index < -0.39 is 0 Å². The van der Waals surface area contributed by atoms with Gasteiger partial charge >= 0.3 is 0 Å². The van der Waals surface area contributed by atoms with E-state index in [-0.39, 0.29) is 24.4 Å². The minimum absolute atomic E-state index is 0. The maximum absolute atomic E-state index is 11.7. The van der Waals surface area contributed by atoms with E-state index in [4.69, 9.17) is 0 Å². The first-order valence-corrected chi connectivity index (χ1v) is 6.82. The summed E-state index contributed by atoms with van der Waals surface area (Å²) in [5.74, 6) is 0.172. The van der Waals surface area contributed by atoms with Gasteiger partial charge in [0.2, 0.25) is 5.91 Å². The molecule has 2 aliphatic rings. The molecule has 2 fully saturated rings. The normalized spacial score (nSPS) is 23.1. The molecule has 0 aliphatic carbocycles. The first kappa shape index (κ1) is 15.7. The van der Waals surface area contributed by atoms with Crippen LogP contribution in [-0.4, -0.2) is 49.6 Å². The molecule has 0 aromatic rings. The van der Waals surface area contributed by atoms with Crippen LogP contribution in [0.5, 0.6) is 0 Å². The third-order valence-corrected chi connectivity index (χ3v) is 4.00. The minimum atomic E-state index is 0. The number of hydrogen-bond acceptors (Lipinski definition) is 3. The van der Waals surface area contributed by atoms with Crippen molar-refractivity contribution in [1.29, 1.82) is 0 Å². The second kappa shape index (κ2) is 6.73. The van der Waals surface area contributed by atoms with Crippen LogP contribution in [-0.2, 0) is 4.79 Å². The zero-order chi connectivity index (χ0) is 12.3. The van der Waals surface area contributed by atoms with Crippen LogP contribution in [0.25, 0.3) is 0 Å². The van der Waals surface area contributed by atoms with Crippen molar-refractivity contribution in [2.24, 2.45) is 5.41 Å². The average molecular weight is 276 g/mol. The molecule has 2 rings (SSSR count). The molecule has 5 heteroatoms. The number of halogens is 1. The topological polar surface area (TPSA) is 44.4 Å². The van der Waals surface area contributed by atoms with E-state index in [0.29, 0.717) is 12.0 Å². The van der Waals surface area contributed by atoms with Crippen molar-refractivity contribution in [3.05, 3.63) is 0 Å². The molecule has 2 heterocycles. The molecule has 2 N–H and O–H groups in total. The fourth-order valence-electron chi connectivity index (χ4n) is 3.10. The van der Waals surface area contributed by atoms with Gasteiger partial charge in [-0.05, 0) is 58.2 Å². The quantitative estimate of drug-likeness (QED) is 0.808. The second-order valence-electron chi connectivity index (χ2n) is 5.93. The summed E-state index contributed by atoms with van der Waals surface area (Å²) in [5, 5.41) is 6.39. The van der Waals surface area contributed by atoms with Crippen LogP contribution in [0.1, 0.15) is 33.1 Å². The molecule has 0 aromatic carbocycles. The number of nitrogens with one attached hydrogen (secondary N) is 2. The van der Waals surface area contributed by atoms with Gasteiger partial charge < -0.3 is 10.6 Å². The Labute approximate surface area is 116 Å². The van der Waals surface area contributed by atoms with E-state index in [1.54, 1.807) is 0 Å². The lowest BCUT2D eigenvalue weighted by molar-refractivity contribution is -0.122. The van der Waals surface area contributed by atoms with E-state index in [2.05, 4.69) is 15.5 Å². The number of carbonyl (C=O) groups is 1. The number of likely N-dealkylation sites (tertiary alicyclic amines) is 1. The summed E-state index contributed by atoms with van der Waals surface area (Å²) in [7, 11) is 0. The third-order valence-electron chi connectivity index (χ3n) is 4.00. The molecule has 0 saturated carbocycles. The maximum atomic E-state index is 11.7. The Bertz CT molecular complexity index is 277. The van der Waals surface area contributed by atoms with Gasteiger partial charge in [-0.25, -0.2) is 0 Å². The zero-order valence-electron chi connectivity index (χ0n) is 11.5. The Balaban J connectivity index is 0.00000162. The highest BCUT2D eigenvalue weighted by Crippen LogP contribution is 2.38. The molecule has 106 valence electrons.